The maximum atomic E-state index is 9.94. The smallest absolute Gasteiger partial charge is 0.0975 e. The monoisotopic (exact) mass is 203 g/mol. The standard InChI is InChI=1S/C11H25NO2/c1-9(2)14-8-11(6,13)7-12-10(3,4)5/h9,12-13H,7-8H2,1-6H3. The van der Waals surface area contributed by atoms with Crippen LogP contribution in [0.3, 0.4) is 0 Å². The Balaban J connectivity index is 3.83. The van der Waals surface area contributed by atoms with Crippen molar-refractivity contribution in [2.75, 3.05) is 13.2 Å². The summed E-state index contributed by atoms with van der Waals surface area (Å²) in [6, 6.07) is 0. The summed E-state index contributed by atoms with van der Waals surface area (Å²) >= 11 is 0. The summed E-state index contributed by atoms with van der Waals surface area (Å²) < 4.78 is 5.38. The van der Waals surface area contributed by atoms with Crippen molar-refractivity contribution in [1.82, 2.24) is 5.32 Å². The fourth-order valence-corrected chi connectivity index (χ4v) is 0.853. The number of aliphatic hydroxyl groups is 1. The van der Waals surface area contributed by atoms with E-state index in [1.165, 1.54) is 0 Å². The van der Waals surface area contributed by atoms with Gasteiger partial charge >= 0.3 is 0 Å². The first-order valence-electron chi connectivity index (χ1n) is 5.21. The zero-order valence-electron chi connectivity index (χ0n) is 10.3. The van der Waals surface area contributed by atoms with Crippen molar-refractivity contribution in [2.45, 2.75) is 58.8 Å². The van der Waals surface area contributed by atoms with Crippen LogP contribution in [-0.4, -0.2) is 35.5 Å². The van der Waals surface area contributed by atoms with Gasteiger partial charge in [-0.3, -0.25) is 0 Å². The Morgan fingerprint density at radius 2 is 1.71 bits per heavy atom. The van der Waals surface area contributed by atoms with E-state index in [4.69, 9.17) is 4.74 Å². The second-order valence-corrected chi connectivity index (χ2v) is 5.46. The van der Waals surface area contributed by atoms with Crippen molar-refractivity contribution in [2.24, 2.45) is 0 Å². The zero-order chi connectivity index (χ0) is 11.4. The fourth-order valence-electron chi connectivity index (χ4n) is 0.853. The van der Waals surface area contributed by atoms with E-state index in [0.29, 0.717) is 13.2 Å². The molecule has 0 saturated heterocycles. The highest BCUT2D eigenvalue weighted by Crippen LogP contribution is 2.07. The second-order valence-electron chi connectivity index (χ2n) is 5.46. The van der Waals surface area contributed by atoms with Crippen LogP contribution in [0.15, 0.2) is 0 Å². The van der Waals surface area contributed by atoms with Gasteiger partial charge < -0.3 is 15.2 Å². The summed E-state index contributed by atoms with van der Waals surface area (Å²) in [5.41, 5.74) is -0.765. The molecule has 0 aliphatic rings. The Morgan fingerprint density at radius 1 is 1.21 bits per heavy atom. The lowest BCUT2D eigenvalue weighted by molar-refractivity contribution is -0.0544. The van der Waals surface area contributed by atoms with E-state index >= 15 is 0 Å². The molecule has 3 nitrogen and oxygen atoms in total. The minimum Gasteiger partial charge on any atom is -0.386 e. The summed E-state index contributed by atoms with van der Waals surface area (Å²) in [5, 5.41) is 13.2. The van der Waals surface area contributed by atoms with Gasteiger partial charge in [0, 0.05) is 12.1 Å². The van der Waals surface area contributed by atoms with Gasteiger partial charge in [0.25, 0.3) is 0 Å². The van der Waals surface area contributed by atoms with Gasteiger partial charge in [-0.2, -0.15) is 0 Å². The number of β-amino-alcohol motifs (C(OH)–C–C–N with tert-alkyl or cyclic N) is 1. The molecular weight excluding hydrogens is 178 g/mol. The molecule has 0 rings (SSSR count). The molecule has 0 amide bonds. The predicted molar refractivity (Wildman–Crippen MR) is 59.5 cm³/mol. The van der Waals surface area contributed by atoms with E-state index in [0.717, 1.165) is 0 Å². The molecule has 1 unspecified atom stereocenters. The Kier molecular flexibility index (Phi) is 5.06. The van der Waals surface area contributed by atoms with Crippen molar-refractivity contribution in [3.8, 4) is 0 Å². The SMILES string of the molecule is CC(C)OCC(C)(O)CNC(C)(C)C. The summed E-state index contributed by atoms with van der Waals surface area (Å²) in [6.45, 7) is 12.9. The maximum absolute atomic E-state index is 9.94. The lowest BCUT2D eigenvalue weighted by atomic mass is 10.0. The van der Waals surface area contributed by atoms with E-state index < -0.39 is 5.60 Å². The number of ether oxygens (including phenoxy) is 1. The molecule has 0 aromatic carbocycles. The molecule has 0 bridgehead atoms. The Hall–Kier alpha value is -0.120. The molecule has 0 aromatic rings. The summed E-state index contributed by atoms with van der Waals surface area (Å²) in [4.78, 5) is 0. The molecule has 1 atom stereocenters. The average molecular weight is 203 g/mol. The molecule has 0 saturated carbocycles. The van der Waals surface area contributed by atoms with Gasteiger partial charge in [-0.05, 0) is 41.5 Å². The lowest BCUT2D eigenvalue weighted by Gasteiger charge is -2.29. The average Bonchev–Trinajstić information content (AvgIpc) is 1.97. The van der Waals surface area contributed by atoms with Crippen LogP contribution in [0, 0.1) is 0 Å². The first-order valence-corrected chi connectivity index (χ1v) is 5.21. The Labute approximate surface area is 87.8 Å². The van der Waals surface area contributed by atoms with Gasteiger partial charge in [0.15, 0.2) is 0 Å². The highest BCUT2D eigenvalue weighted by Gasteiger charge is 2.23. The van der Waals surface area contributed by atoms with E-state index in [-0.39, 0.29) is 11.6 Å². The van der Waals surface area contributed by atoms with Crippen LogP contribution < -0.4 is 5.32 Å². The molecule has 0 heterocycles. The molecule has 0 aliphatic carbocycles. The van der Waals surface area contributed by atoms with Gasteiger partial charge in [-0.25, -0.2) is 0 Å². The van der Waals surface area contributed by atoms with Gasteiger partial charge in [0.05, 0.1) is 18.3 Å². The van der Waals surface area contributed by atoms with Crippen LogP contribution in [-0.2, 0) is 4.74 Å². The third-order valence-electron chi connectivity index (χ3n) is 1.73. The van der Waals surface area contributed by atoms with Crippen LogP contribution in [0.5, 0.6) is 0 Å². The van der Waals surface area contributed by atoms with Crippen LogP contribution in [0.2, 0.25) is 0 Å². The highest BCUT2D eigenvalue weighted by atomic mass is 16.5. The quantitative estimate of drug-likeness (QED) is 0.712. The van der Waals surface area contributed by atoms with E-state index in [2.05, 4.69) is 26.1 Å². The van der Waals surface area contributed by atoms with Crippen LogP contribution in [0.1, 0.15) is 41.5 Å². The molecule has 3 heteroatoms. The summed E-state index contributed by atoms with van der Waals surface area (Å²) in [7, 11) is 0. The Morgan fingerprint density at radius 3 is 2.07 bits per heavy atom. The van der Waals surface area contributed by atoms with E-state index in [1.807, 2.05) is 13.8 Å². The topological polar surface area (TPSA) is 41.5 Å². The molecule has 0 aliphatic heterocycles. The van der Waals surface area contributed by atoms with Crippen LogP contribution in [0.25, 0.3) is 0 Å². The number of nitrogens with one attached hydrogen (secondary N) is 1. The molecule has 2 N–H and O–H groups in total. The van der Waals surface area contributed by atoms with Crippen molar-refractivity contribution < 1.29 is 9.84 Å². The summed E-state index contributed by atoms with van der Waals surface area (Å²) in [6.07, 6.45) is 0.163. The van der Waals surface area contributed by atoms with E-state index in [1.54, 1.807) is 6.92 Å². The van der Waals surface area contributed by atoms with Gasteiger partial charge in [-0.15, -0.1) is 0 Å². The Bertz CT molecular complexity index is 159. The highest BCUT2D eigenvalue weighted by molar-refractivity contribution is 4.80. The largest absolute Gasteiger partial charge is 0.386 e. The first kappa shape index (κ1) is 13.9. The number of hydrogen-bond acceptors (Lipinski definition) is 3. The molecule has 0 spiro atoms. The van der Waals surface area contributed by atoms with Crippen LogP contribution in [0.4, 0.5) is 0 Å². The third kappa shape index (κ3) is 8.48. The van der Waals surface area contributed by atoms with Crippen molar-refractivity contribution in [3.63, 3.8) is 0 Å². The maximum Gasteiger partial charge on any atom is 0.0975 e. The first-order chi connectivity index (χ1) is 6.12. The van der Waals surface area contributed by atoms with Gasteiger partial charge in [0.1, 0.15) is 0 Å². The van der Waals surface area contributed by atoms with Gasteiger partial charge in [0.2, 0.25) is 0 Å². The van der Waals surface area contributed by atoms with Gasteiger partial charge in [-0.1, -0.05) is 0 Å². The number of hydrogen-bond donors (Lipinski definition) is 2. The minimum atomic E-state index is -0.794. The van der Waals surface area contributed by atoms with Crippen LogP contribution >= 0.6 is 0 Å². The van der Waals surface area contributed by atoms with Crippen molar-refractivity contribution >= 4 is 0 Å². The zero-order valence-corrected chi connectivity index (χ0v) is 10.3. The molecule has 0 fully saturated rings. The second kappa shape index (κ2) is 5.10. The molecule has 0 radical (unpaired) electrons. The minimum absolute atomic E-state index is 0.0296. The number of rotatable bonds is 5. The van der Waals surface area contributed by atoms with E-state index in [9.17, 15) is 5.11 Å². The molecular formula is C11H25NO2. The van der Waals surface area contributed by atoms with Crippen molar-refractivity contribution in [1.29, 1.82) is 0 Å². The summed E-state index contributed by atoms with van der Waals surface area (Å²) in [5.74, 6) is 0. The third-order valence-corrected chi connectivity index (χ3v) is 1.73. The van der Waals surface area contributed by atoms with Crippen molar-refractivity contribution in [3.05, 3.63) is 0 Å². The lowest BCUT2D eigenvalue weighted by Crippen LogP contribution is -2.48. The normalized spacial score (nSPS) is 17.1. The molecule has 0 aromatic heterocycles. The predicted octanol–water partition coefficient (Wildman–Crippen LogP) is 1.55. The molecule has 86 valence electrons. The molecule has 14 heavy (non-hydrogen) atoms. The fraction of sp³-hybridized carbons (Fsp3) is 1.00.